The molecule has 0 saturated carbocycles. The average Bonchev–Trinajstić information content (AvgIpc) is 3.08. The molecule has 1 N–H and O–H groups in total. The van der Waals surface area contributed by atoms with Gasteiger partial charge in [0.05, 0.1) is 41.0 Å². The van der Waals surface area contributed by atoms with Crippen LogP contribution in [0.4, 0.5) is 5.69 Å². The Hall–Kier alpha value is -3.45. The van der Waals surface area contributed by atoms with Gasteiger partial charge in [0, 0.05) is 6.21 Å². The maximum atomic E-state index is 12.8. The first kappa shape index (κ1) is 22.2. The van der Waals surface area contributed by atoms with Gasteiger partial charge in [-0.2, -0.15) is 5.26 Å². The summed E-state index contributed by atoms with van der Waals surface area (Å²) in [4.78, 5) is 29.2. The molecule has 1 aliphatic heterocycles. The lowest BCUT2D eigenvalue weighted by Gasteiger charge is -2.18. The summed E-state index contributed by atoms with van der Waals surface area (Å²) in [5, 5.41) is 20.3. The lowest BCUT2D eigenvalue weighted by atomic mass is 10.0. The van der Waals surface area contributed by atoms with Crippen LogP contribution in [0.5, 0.6) is 5.88 Å². The van der Waals surface area contributed by atoms with Gasteiger partial charge in [0.2, 0.25) is 5.88 Å². The summed E-state index contributed by atoms with van der Waals surface area (Å²) in [6.07, 6.45) is 1.41. The number of benzene rings is 1. The van der Waals surface area contributed by atoms with Crippen molar-refractivity contribution in [2.24, 2.45) is 4.99 Å². The number of nitriles is 1. The van der Waals surface area contributed by atoms with E-state index in [2.05, 4.69) is 4.99 Å². The highest BCUT2D eigenvalue weighted by Gasteiger charge is 2.33. The maximum absolute atomic E-state index is 12.8. The molecule has 2 heterocycles. The van der Waals surface area contributed by atoms with Gasteiger partial charge >= 0.3 is 5.97 Å². The summed E-state index contributed by atoms with van der Waals surface area (Å²) in [6.45, 7) is 3.37. The first-order valence-electron chi connectivity index (χ1n) is 9.59. The van der Waals surface area contributed by atoms with Crippen molar-refractivity contribution in [3.05, 3.63) is 56.9 Å². The number of hydrogen-bond donors (Lipinski definition) is 1. The molecule has 162 valence electrons. The molecule has 0 unspecified atom stereocenters. The second-order valence-corrected chi connectivity index (χ2v) is 9.31. The zero-order chi connectivity index (χ0) is 22.8. The molecule has 9 nitrogen and oxygen atoms in total. The molecule has 0 aliphatic carbocycles. The quantitative estimate of drug-likeness (QED) is 0.551. The van der Waals surface area contributed by atoms with E-state index < -0.39 is 33.3 Å². The van der Waals surface area contributed by atoms with Crippen molar-refractivity contribution in [1.82, 2.24) is 4.57 Å². The van der Waals surface area contributed by atoms with Gasteiger partial charge in [0.25, 0.3) is 5.56 Å². The third-order valence-corrected chi connectivity index (χ3v) is 6.85. The first-order chi connectivity index (χ1) is 14.7. The second kappa shape index (κ2) is 8.73. The number of aliphatic imine (C=N–C) groups is 1. The van der Waals surface area contributed by atoms with E-state index in [0.717, 1.165) is 4.57 Å². The van der Waals surface area contributed by atoms with E-state index in [1.807, 2.05) is 6.07 Å². The lowest BCUT2D eigenvalue weighted by molar-refractivity contribution is 0.0527. The Balaban J connectivity index is 2.13. The molecule has 2 aromatic rings. The molecule has 1 aliphatic rings. The third kappa shape index (κ3) is 4.36. The number of carbonyl (C=O) groups excluding carboxylic acids is 1. The predicted molar refractivity (Wildman–Crippen MR) is 114 cm³/mol. The number of esters is 1. The largest absolute Gasteiger partial charge is 0.494 e. The smallest absolute Gasteiger partial charge is 0.340 e. The van der Waals surface area contributed by atoms with Gasteiger partial charge in [-0.25, -0.2) is 13.2 Å². The van der Waals surface area contributed by atoms with Gasteiger partial charge in [0.15, 0.2) is 9.84 Å². The monoisotopic (exact) mass is 443 g/mol. The third-order valence-electron chi connectivity index (χ3n) is 5.10. The van der Waals surface area contributed by atoms with Gasteiger partial charge in [-0.3, -0.25) is 14.4 Å². The number of sulfone groups is 1. The van der Waals surface area contributed by atoms with Crippen LogP contribution in [-0.2, 0) is 14.6 Å². The Bertz CT molecular complexity index is 1270. The van der Waals surface area contributed by atoms with Gasteiger partial charge in [-0.15, -0.1) is 0 Å². The van der Waals surface area contributed by atoms with Crippen LogP contribution in [0.3, 0.4) is 0 Å². The van der Waals surface area contributed by atoms with Crippen molar-refractivity contribution in [1.29, 1.82) is 5.26 Å². The molecule has 0 spiro atoms. The molecule has 1 aromatic carbocycles. The fourth-order valence-corrected chi connectivity index (χ4v) is 5.21. The van der Waals surface area contributed by atoms with E-state index in [0.29, 0.717) is 0 Å². The molecule has 1 atom stereocenters. The Morgan fingerprint density at radius 1 is 1.42 bits per heavy atom. The number of carbonyl (C=O) groups is 1. The SMILES string of the molecule is CCOC(=O)c1ccccc1N=Cc1c(C)c(C#N)c(=O)n([C@@H]2CCS(=O)(=O)C2)c1O. The summed E-state index contributed by atoms with van der Waals surface area (Å²) in [7, 11) is -3.33. The van der Waals surface area contributed by atoms with Crippen LogP contribution in [0.25, 0.3) is 0 Å². The van der Waals surface area contributed by atoms with Crippen LogP contribution in [0, 0.1) is 18.3 Å². The standard InChI is InChI=1S/C21H21N3O6S/c1-3-30-21(27)15-6-4-5-7-18(15)23-11-17-13(2)16(10-22)19(25)24(20(17)26)14-8-9-31(28,29)12-14/h4-7,11,14,26H,3,8-9,12H2,1-2H3/t14-/m1/s1. The lowest BCUT2D eigenvalue weighted by Crippen LogP contribution is -2.29. The van der Waals surface area contributed by atoms with Crippen LogP contribution in [0.2, 0.25) is 0 Å². The Morgan fingerprint density at radius 3 is 2.74 bits per heavy atom. The van der Waals surface area contributed by atoms with Gasteiger partial charge < -0.3 is 9.84 Å². The van der Waals surface area contributed by atoms with Crippen molar-refractivity contribution in [3.8, 4) is 11.9 Å². The molecule has 0 bridgehead atoms. The number of rotatable bonds is 5. The fourth-order valence-electron chi connectivity index (χ4n) is 3.51. The summed E-state index contributed by atoms with van der Waals surface area (Å²) in [6, 6.07) is 7.51. The van der Waals surface area contributed by atoms with Crippen molar-refractivity contribution >= 4 is 27.7 Å². The van der Waals surface area contributed by atoms with Crippen molar-refractivity contribution in [3.63, 3.8) is 0 Å². The minimum absolute atomic E-state index is 0.0964. The van der Waals surface area contributed by atoms with Crippen molar-refractivity contribution in [2.75, 3.05) is 18.1 Å². The molecule has 1 fully saturated rings. The number of nitrogens with zero attached hydrogens (tertiary/aromatic N) is 3. The van der Waals surface area contributed by atoms with Crippen LogP contribution in [-0.4, -0.2) is 48.4 Å². The highest BCUT2D eigenvalue weighted by Crippen LogP contribution is 2.30. The number of aromatic hydroxyl groups is 1. The zero-order valence-electron chi connectivity index (χ0n) is 17.0. The average molecular weight is 443 g/mol. The molecule has 10 heteroatoms. The first-order valence-corrected chi connectivity index (χ1v) is 11.4. The highest BCUT2D eigenvalue weighted by molar-refractivity contribution is 7.91. The minimum atomic E-state index is -3.33. The molecule has 31 heavy (non-hydrogen) atoms. The van der Waals surface area contributed by atoms with Gasteiger partial charge in [-0.1, -0.05) is 12.1 Å². The molecular weight excluding hydrogens is 422 g/mol. The molecule has 3 rings (SSSR count). The normalized spacial score (nSPS) is 17.5. The van der Waals surface area contributed by atoms with E-state index in [1.165, 1.54) is 13.1 Å². The number of para-hydroxylation sites is 1. The van der Waals surface area contributed by atoms with Crippen LogP contribution < -0.4 is 5.56 Å². The second-order valence-electron chi connectivity index (χ2n) is 7.08. The van der Waals surface area contributed by atoms with Crippen LogP contribution >= 0.6 is 0 Å². The maximum Gasteiger partial charge on any atom is 0.340 e. The summed E-state index contributed by atoms with van der Waals surface area (Å²) >= 11 is 0. The summed E-state index contributed by atoms with van der Waals surface area (Å²) < 4.78 is 29.7. The number of pyridine rings is 1. The summed E-state index contributed by atoms with van der Waals surface area (Å²) in [5.74, 6) is -1.43. The van der Waals surface area contributed by atoms with E-state index in [1.54, 1.807) is 31.2 Å². The van der Waals surface area contributed by atoms with Crippen LogP contribution in [0.15, 0.2) is 34.1 Å². The number of hydrogen-bond acceptors (Lipinski definition) is 8. The number of aromatic nitrogens is 1. The van der Waals surface area contributed by atoms with Crippen molar-refractivity contribution in [2.45, 2.75) is 26.3 Å². The van der Waals surface area contributed by atoms with E-state index >= 15 is 0 Å². The van der Waals surface area contributed by atoms with E-state index in [9.17, 15) is 28.4 Å². The molecule has 1 aromatic heterocycles. The zero-order valence-corrected chi connectivity index (χ0v) is 17.8. The Kier molecular flexibility index (Phi) is 6.27. The topological polar surface area (TPSA) is 139 Å². The van der Waals surface area contributed by atoms with Gasteiger partial charge in [0.1, 0.15) is 11.6 Å². The Morgan fingerprint density at radius 2 is 2.13 bits per heavy atom. The van der Waals surface area contributed by atoms with Crippen LogP contribution in [0.1, 0.15) is 46.4 Å². The molecule has 1 saturated heterocycles. The number of ether oxygens (including phenoxy) is 1. The fraction of sp³-hybridized carbons (Fsp3) is 0.333. The van der Waals surface area contributed by atoms with Gasteiger partial charge in [-0.05, 0) is 38.0 Å². The van der Waals surface area contributed by atoms with E-state index in [4.69, 9.17) is 4.74 Å². The molecular formula is C21H21N3O6S. The Labute approximate surface area is 179 Å². The molecule has 0 radical (unpaired) electrons. The molecule has 0 amide bonds. The van der Waals surface area contributed by atoms with E-state index in [-0.39, 0.29) is 52.5 Å². The summed E-state index contributed by atoms with van der Waals surface area (Å²) in [5.41, 5.74) is -0.155. The van der Waals surface area contributed by atoms with Crippen molar-refractivity contribution < 1.29 is 23.1 Å². The predicted octanol–water partition coefficient (Wildman–Crippen LogP) is 2.02. The highest BCUT2D eigenvalue weighted by atomic mass is 32.2. The minimum Gasteiger partial charge on any atom is -0.494 e.